The number of benzene rings is 2. The van der Waals surface area contributed by atoms with Crippen LogP contribution in [0.5, 0.6) is 5.75 Å². The summed E-state index contributed by atoms with van der Waals surface area (Å²) in [5.41, 5.74) is 3.07. The Bertz CT molecular complexity index is 1010. The van der Waals surface area contributed by atoms with Crippen LogP contribution in [0.15, 0.2) is 42.5 Å². The van der Waals surface area contributed by atoms with Crippen LogP contribution in [0.3, 0.4) is 0 Å². The molecule has 0 N–H and O–H groups in total. The number of imide groups is 2. The molecule has 0 spiro atoms. The first-order valence-electron chi connectivity index (χ1n) is 9.48. The summed E-state index contributed by atoms with van der Waals surface area (Å²) in [6.45, 7) is -0.463. The summed E-state index contributed by atoms with van der Waals surface area (Å²) >= 11 is 0. The Morgan fingerprint density at radius 1 is 0.931 bits per heavy atom. The molecule has 4 amide bonds. The number of amides is 4. The molecule has 0 radical (unpaired) electrons. The smallest absolute Gasteiger partial charge is 0.339 e. The minimum absolute atomic E-state index is 0.248. The molecule has 0 bridgehead atoms. The summed E-state index contributed by atoms with van der Waals surface area (Å²) in [6.07, 6.45) is 4.14. The molecule has 29 heavy (non-hydrogen) atoms. The lowest BCUT2D eigenvalue weighted by molar-refractivity contribution is -0.139. The third-order valence-corrected chi connectivity index (χ3v) is 5.36. The molecule has 0 saturated carbocycles. The number of methoxy groups -OCH3 is 1. The number of rotatable bonds is 5. The van der Waals surface area contributed by atoms with Crippen molar-refractivity contribution in [3.8, 4) is 5.75 Å². The molecule has 1 aliphatic carbocycles. The highest BCUT2D eigenvalue weighted by Crippen LogP contribution is 2.26. The van der Waals surface area contributed by atoms with Gasteiger partial charge in [-0.25, -0.2) is 14.6 Å². The zero-order valence-electron chi connectivity index (χ0n) is 16.0. The second kappa shape index (κ2) is 7.50. The van der Waals surface area contributed by atoms with E-state index < -0.39 is 24.4 Å². The molecule has 1 fully saturated rings. The van der Waals surface area contributed by atoms with Crippen LogP contribution in [-0.4, -0.2) is 42.2 Å². The molecule has 1 saturated heterocycles. The van der Waals surface area contributed by atoms with Crippen molar-refractivity contribution in [3.05, 3.63) is 59.2 Å². The minimum atomic E-state index is -1.00. The predicted molar refractivity (Wildman–Crippen MR) is 105 cm³/mol. The van der Waals surface area contributed by atoms with E-state index in [1.165, 1.54) is 24.8 Å². The molecule has 7 heteroatoms. The van der Waals surface area contributed by atoms with Gasteiger partial charge in [0.15, 0.2) is 5.78 Å². The standard InChI is InChI=1S/C22H20N2O5/c1-29-18-10-8-17(9-11-18)24-21(27)20(26)23(22(24)28)13-19(25)16-7-6-14-4-2-3-5-15(14)12-16/h6-12H,2-5,13H2,1H3. The maximum Gasteiger partial charge on any atom is 0.339 e. The van der Waals surface area contributed by atoms with Crippen molar-refractivity contribution in [3.63, 3.8) is 0 Å². The summed E-state index contributed by atoms with van der Waals surface area (Å²) in [4.78, 5) is 51.6. The second-order valence-corrected chi connectivity index (χ2v) is 7.13. The molecule has 148 valence electrons. The molecule has 1 aliphatic heterocycles. The number of hydrogen-bond acceptors (Lipinski definition) is 5. The van der Waals surface area contributed by atoms with Gasteiger partial charge in [-0.2, -0.15) is 0 Å². The third-order valence-electron chi connectivity index (χ3n) is 5.36. The highest BCUT2D eigenvalue weighted by molar-refractivity contribution is 6.53. The number of aryl methyl sites for hydroxylation is 2. The number of hydrogen-bond donors (Lipinski definition) is 0. The van der Waals surface area contributed by atoms with Gasteiger partial charge in [0.1, 0.15) is 5.75 Å². The van der Waals surface area contributed by atoms with Crippen LogP contribution in [0.1, 0.15) is 34.3 Å². The van der Waals surface area contributed by atoms with E-state index in [4.69, 9.17) is 4.74 Å². The van der Waals surface area contributed by atoms with Gasteiger partial charge >= 0.3 is 17.8 Å². The highest BCUT2D eigenvalue weighted by Gasteiger charge is 2.46. The first-order valence-corrected chi connectivity index (χ1v) is 9.48. The van der Waals surface area contributed by atoms with Crippen LogP contribution in [0.25, 0.3) is 0 Å². The van der Waals surface area contributed by atoms with Gasteiger partial charge < -0.3 is 4.74 Å². The fraction of sp³-hybridized carbons (Fsp3) is 0.273. The highest BCUT2D eigenvalue weighted by atomic mass is 16.5. The lowest BCUT2D eigenvalue weighted by Gasteiger charge is -2.17. The Labute approximate surface area is 167 Å². The molecule has 2 aromatic carbocycles. The molecular weight excluding hydrogens is 372 g/mol. The van der Waals surface area contributed by atoms with Gasteiger partial charge in [0, 0.05) is 5.56 Å². The van der Waals surface area contributed by atoms with Crippen LogP contribution < -0.4 is 9.64 Å². The Morgan fingerprint density at radius 3 is 2.31 bits per heavy atom. The van der Waals surface area contributed by atoms with Gasteiger partial charge in [-0.15, -0.1) is 0 Å². The molecule has 0 unspecified atom stereocenters. The van der Waals surface area contributed by atoms with E-state index in [2.05, 4.69) is 0 Å². The quantitative estimate of drug-likeness (QED) is 0.444. The normalized spacial score (nSPS) is 16.2. The summed E-state index contributed by atoms with van der Waals surface area (Å²) in [6, 6.07) is 10.9. The fourth-order valence-electron chi connectivity index (χ4n) is 3.75. The van der Waals surface area contributed by atoms with E-state index in [9.17, 15) is 19.2 Å². The van der Waals surface area contributed by atoms with E-state index in [1.807, 2.05) is 12.1 Å². The Balaban J connectivity index is 1.54. The third kappa shape index (κ3) is 3.40. The van der Waals surface area contributed by atoms with Crippen molar-refractivity contribution >= 4 is 29.3 Å². The lowest BCUT2D eigenvalue weighted by Crippen LogP contribution is -2.37. The van der Waals surface area contributed by atoms with Crippen molar-refractivity contribution in [2.24, 2.45) is 0 Å². The van der Waals surface area contributed by atoms with E-state index in [0.717, 1.165) is 36.1 Å². The number of urea groups is 1. The number of ketones is 1. The lowest BCUT2D eigenvalue weighted by atomic mass is 9.90. The molecular formula is C22H20N2O5. The number of anilines is 1. The van der Waals surface area contributed by atoms with Gasteiger partial charge in [0.25, 0.3) is 0 Å². The number of Topliss-reactive ketones (excluding diaryl/α,β-unsaturated/α-hetero) is 1. The maximum absolute atomic E-state index is 12.7. The van der Waals surface area contributed by atoms with E-state index in [-0.39, 0.29) is 11.5 Å². The van der Waals surface area contributed by atoms with Gasteiger partial charge in [0.2, 0.25) is 0 Å². The van der Waals surface area contributed by atoms with Crippen LogP contribution in [0.2, 0.25) is 0 Å². The molecule has 0 aromatic heterocycles. The van der Waals surface area contributed by atoms with Gasteiger partial charge in [-0.05, 0) is 67.1 Å². The van der Waals surface area contributed by atoms with Crippen LogP contribution in [0.4, 0.5) is 10.5 Å². The number of carbonyl (C=O) groups excluding carboxylic acids is 4. The molecule has 7 nitrogen and oxygen atoms in total. The average molecular weight is 392 g/mol. The van der Waals surface area contributed by atoms with Crippen LogP contribution >= 0.6 is 0 Å². The summed E-state index contributed by atoms with van der Waals surface area (Å²) in [5.74, 6) is -1.79. The van der Waals surface area contributed by atoms with Crippen molar-refractivity contribution in [2.45, 2.75) is 25.7 Å². The van der Waals surface area contributed by atoms with Gasteiger partial charge in [-0.3, -0.25) is 14.4 Å². The SMILES string of the molecule is COc1ccc(N2C(=O)C(=O)N(CC(=O)c3ccc4c(c3)CCCC4)C2=O)cc1. The fourth-order valence-corrected chi connectivity index (χ4v) is 3.75. The van der Waals surface area contributed by atoms with Gasteiger partial charge in [0.05, 0.1) is 19.3 Å². The van der Waals surface area contributed by atoms with E-state index in [0.29, 0.717) is 16.2 Å². The topological polar surface area (TPSA) is 84.0 Å². The molecule has 2 aromatic rings. The van der Waals surface area contributed by atoms with Crippen molar-refractivity contribution in [2.75, 3.05) is 18.6 Å². The monoisotopic (exact) mass is 392 g/mol. The predicted octanol–water partition coefficient (Wildman–Crippen LogP) is 2.75. The number of ether oxygens (including phenoxy) is 1. The number of carbonyl (C=O) groups is 4. The van der Waals surface area contributed by atoms with E-state index >= 15 is 0 Å². The van der Waals surface area contributed by atoms with Crippen molar-refractivity contribution in [1.82, 2.24) is 4.90 Å². The second-order valence-electron chi connectivity index (χ2n) is 7.13. The molecule has 2 aliphatic rings. The Morgan fingerprint density at radius 2 is 1.62 bits per heavy atom. The average Bonchev–Trinajstić information content (AvgIpc) is 2.96. The molecule has 0 atom stereocenters. The maximum atomic E-state index is 12.7. The summed E-state index contributed by atoms with van der Waals surface area (Å²) in [5, 5.41) is 0. The molecule has 4 rings (SSSR count). The Hall–Kier alpha value is -3.48. The van der Waals surface area contributed by atoms with Crippen molar-refractivity contribution < 1.29 is 23.9 Å². The van der Waals surface area contributed by atoms with Crippen LogP contribution in [-0.2, 0) is 22.4 Å². The minimum Gasteiger partial charge on any atom is -0.497 e. The summed E-state index contributed by atoms with van der Waals surface area (Å²) < 4.78 is 5.06. The molecule has 1 heterocycles. The zero-order chi connectivity index (χ0) is 20.5. The first kappa shape index (κ1) is 18.9. The number of nitrogens with zero attached hydrogens (tertiary/aromatic N) is 2. The van der Waals surface area contributed by atoms with Crippen molar-refractivity contribution in [1.29, 1.82) is 0 Å². The largest absolute Gasteiger partial charge is 0.497 e. The zero-order valence-corrected chi connectivity index (χ0v) is 16.0. The van der Waals surface area contributed by atoms with Gasteiger partial charge in [-0.1, -0.05) is 12.1 Å². The first-order chi connectivity index (χ1) is 14.0. The van der Waals surface area contributed by atoms with E-state index in [1.54, 1.807) is 18.2 Å². The summed E-state index contributed by atoms with van der Waals surface area (Å²) in [7, 11) is 1.50. The Kier molecular flexibility index (Phi) is 4.88. The number of fused-ring (bicyclic) bond motifs is 1. The van der Waals surface area contributed by atoms with Crippen LogP contribution in [0, 0.1) is 0 Å².